The number of hydrogen-bond acceptors (Lipinski definition) is 0. The highest BCUT2D eigenvalue weighted by molar-refractivity contribution is 5.63. The van der Waals surface area contributed by atoms with E-state index < -0.39 is 0 Å². The Labute approximate surface area is 81.3 Å². The number of rotatable bonds is 1. The van der Waals surface area contributed by atoms with Crippen LogP contribution in [0, 0.1) is 5.41 Å². The van der Waals surface area contributed by atoms with Gasteiger partial charge in [-0.1, -0.05) is 57.2 Å². The maximum Gasteiger partial charge on any atom is -0.0197 e. The van der Waals surface area contributed by atoms with Crippen molar-refractivity contribution in [1.82, 2.24) is 0 Å². The maximum absolute atomic E-state index is 2.31. The number of hydrogen-bond donors (Lipinski definition) is 0. The molecule has 1 aromatic carbocycles. The van der Waals surface area contributed by atoms with Crippen LogP contribution in [0.2, 0.25) is 0 Å². The van der Waals surface area contributed by atoms with E-state index in [0.717, 1.165) is 0 Å². The van der Waals surface area contributed by atoms with Crippen molar-refractivity contribution >= 4 is 5.57 Å². The Kier molecular flexibility index (Phi) is 2.92. The average Bonchev–Trinajstić information content (AvgIpc) is 2.03. The SMILES string of the molecule is C/C(=C\C(C)(C)C)c1ccccc1. The zero-order valence-corrected chi connectivity index (χ0v) is 8.96. The van der Waals surface area contributed by atoms with Crippen molar-refractivity contribution in [1.29, 1.82) is 0 Å². The number of benzene rings is 1. The third-order valence-electron chi connectivity index (χ3n) is 1.88. The van der Waals surface area contributed by atoms with Gasteiger partial charge in [0.05, 0.1) is 0 Å². The molecule has 0 saturated carbocycles. The zero-order valence-electron chi connectivity index (χ0n) is 8.96. The summed E-state index contributed by atoms with van der Waals surface area (Å²) in [6.45, 7) is 8.83. The lowest BCUT2D eigenvalue weighted by Crippen LogP contribution is -2.00. The predicted molar refractivity (Wildman–Crippen MR) is 59.5 cm³/mol. The Bertz CT molecular complexity index is 286. The van der Waals surface area contributed by atoms with E-state index in [1.807, 2.05) is 6.07 Å². The molecule has 0 atom stereocenters. The molecule has 0 aliphatic heterocycles. The minimum absolute atomic E-state index is 0.264. The van der Waals surface area contributed by atoms with Crippen molar-refractivity contribution in [2.75, 3.05) is 0 Å². The van der Waals surface area contributed by atoms with Gasteiger partial charge in [0.2, 0.25) is 0 Å². The van der Waals surface area contributed by atoms with Gasteiger partial charge in [-0.3, -0.25) is 0 Å². The first kappa shape index (κ1) is 10.0. The summed E-state index contributed by atoms with van der Waals surface area (Å²) in [5.41, 5.74) is 2.94. The first-order valence-electron chi connectivity index (χ1n) is 4.74. The van der Waals surface area contributed by atoms with E-state index >= 15 is 0 Å². The molecule has 0 heteroatoms. The van der Waals surface area contributed by atoms with Gasteiger partial charge in [-0.2, -0.15) is 0 Å². The van der Waals surface area contributed by atoms with Crippen molar-refractivity contribution in [3.8, 4) is 0 Å². The van der Waals surface area contributed by atoms with Crippen LogP contribution in [0.5, 0.6) is 0 Å². The average molecular weight is 174 g/mol. The lowest BCUT2D eigenvalue weighted by Gasteiger charge is -2.14. The van der Waals surface area contributed by atoms with Gasteiger partial charge in [-0.05, 0) is 23.5 Å². The van der Waals surface area contributed by atoms with Crippen LogP contribution < -0.4 is 0 Å². The minimum atomic E-state index is 0.264. The lowest BCUT2D eigenvalue weighted by molar-refractivity contribution is 0.545. The van der Waals surface area contributed by atoms with Gasteiger partial charge in [-0.15, -0.1) is 0 Å². The molecule has 1 rings (SSSR count). The molecule has 0 amide bonds. The predicted octanol–water partition coefficient (Wildman–Crippen LogP) is 4.14. The molecule has 0 aliphatic carbocycles. The summed E-state index contributed by atoms with van der Waals surface area (Å²) < 4.78 is 0. The van der Waals surface area contributed by atoms with E-state index in [0.29, 0.717) is 0 Å². The second-order valence-corrected chi connectivity index (χ2v) is 4.56. The van der Waals surface area contributed by atoms with Crippen LogP contribution in [-0.2, 0) is 0 Å². The topological polar surface area (TPSA) is 0 Å². The van der Waals surface area contributed by atoms with E-state index in [1.165, 1.54) is 11.1 Å². The van der Waals surface area contributed by atoms with Gasteiger partial charge in [-0.25, -0.2) is 0 Å². The molecule has 0 nitrogen and oxygen atoms in total. The minimum Gasteiger partial charge on any atom is -0.0756 e. The smallest absolute Gasteiger partial charge is 0.0197 e. The van der Waals surface area contributed by atoms with Crippen molar-refractivity contribution in [2.45, 2.75) is 27.7 Å². The normalized spacial score (nSPS) is 13.1. The van der Waals surface area contributed by atoms with E-state index in [1.54, 1.807) is 0 Å². The molecule has 0 unspecified atom stereocenters. The molecule has 0 saturated heterocycles. The summed E-state index contributed by atoms with van der Waals surface area (Å²) in [7, 11) is 0. The Morgan fingerprint density at radius 2 is 1.62 bits per heavy atom. The Balaban J connectivity index is 2.92. The molecule has 0 heterocycles. The highest BCUT2D eigenvalue weighted by Crippen LogP contribution is 2.22. The summed E-state index contributed by atoms with van der Waals surface area (Å²) >= 11 is 0. The molecule has 0 fully saturated rings. The Hall–Kier alpha value is -1.04. The molecule has 13 heavy (non-hydrogen) atoms. The molecular formula is C13H18. The molecule has 0 N–H and O–H groups in total. The monoisotopic (exact) mass is 174 g/mol. The van der Waals surface area contributed by atoms with Crippen LogP contribution in [0.1, 0.15) is 33.3 Å². The van der Waals surface area contributed by atoms with Crippen LogP contribution >= 0.6 is 0 Å². The second-order valence-electron chi connectivity index (χ2n) is 4.56. The summed E-state index contributed by atoms with van der Waals surface area (Å²) in [4.78, 5) is 0. The molecule has 1 aromatic rings. The molecule has 70 valence electrons. The number of allylic oxidation sites excluding steroid dienone is 2. The van der Waals surface area contributed by atoms with Gasteiger partial charge in [0, 0.05) is 0 Å². The van der Waals surface area contributed by atoms with Crippen LogP contribution in [0.3, 0.4) is 0 Å². The highest BCUT2D eigenvalue weighted by atomic mass is 14.1. The fourth-order valence-electron chi connectivity index (χ4n) is 1.43. The van der Waals surface area contributed by atoms with Gasteiger partial charge in [0.1, 0.15) is 0 Å². The third-order valence-corrected chi connectivity index (χ3v) is 1.88. The van der Waals surface area contributed by atoms with Crippen LogP contribution in [0.25, 0.3) is 5.57 Å². The Morgan fingerprint density at radius 3 is 2.08 bits per heavy atom. The summed E-state index contributed by atoms with van der Waals surface area (Å²) in [6, 6.07) is 10.5. The molecule has 0 bridgehead atoms. The largest absolute Gasteiger partial charge is 0.0756 e. The first-order valence-corrected chi connectivity index (χ1v) is 4.74. The maximum atomic E-state index is 2.31. The zero-order chi connectivity index (χ0) is 9.90. The van der Waals surface area contributed by atoms with Crippen molar-refractivity contribution in [2.24, 2.45) is 5.41 Å². The summed E-state index contributed by atoms with van der Waals surface area (Å²) in [5, 5.41) is 0. The first-order chi connectivity index (χ1) is 5.99. The highest BCUT2D eigenvalue weighted by Gasteiger charge is 2.06. The van der Waals surface area contributed by atoms with Crippen molar-refractivity contribution < 1.29 is 0 Å². The van der Waals surface area contributed by atoms with E-state index in [4.69, 9.17) is 0 Å². The molecule has 0 aromatic heterocycles. The summed E-state index contributed by atoms with van der Waals surface area (Å²) in [5.74, 6) is 0. The quantitative estimate of drug-likeness (QED) is 0.600. The van der Waals surface area contributed by atoms with Gasteiger partial charge < -0.3 is 0 Å². The van der Waals surface area contributed by atoms with Crippen molar-refractivity contribution in [3.05, 3.63) is 42.0 Å². The standard InChI is InChI=1S/C13H18/c1-11(10-13(2,3)4)12-8-6-5-7-9-12/h5-10H,1-4H3/b11-10+. The van der Waals surface area contributed by atoms with Gasteiger partial charge >= 0.3 is 0 Å². The van der Waals surface area contributed by atoms with Crippen molar-refractivity contribution in [3.63, 3.8) is 0 Å². The van der Waals surface area contributed by atoms with Crippen LogP contribution in [0.4, 0.5) is 0 Å². The fourth-order valence-corrected chi connectivity index (χ4v) is 1.43. The van der Waals surface area contributed by atoms with E-state index in [2.05, 4.69) is 58.0 Å². The molecule has 0 aliphatic rings. The Morgan fingerprint density at radius 1 is 1.08 bits per heavy atom. The lowest BCUT2D eigenvalue weighted by atomic mass is 9.92. The van der Waals surface area contributed by atoms with Crippen LogP contribution in [0.15, 0.2) is 36.4 Å². The molecule has 0 spiro atoms. The summed E-state index contributed by atoms with van der Waals surface area (Å²) in [6.07, 6.45) is 2.31. The fraction of sp³-hybridized carbons (Fsp3) is 0.385. The van der Waals surface area contributed by atoms with Gasteiger partial charge in [0.15, 0.2) is 0 Å². The van der Waals surface area contributed by atoms with Crippen LogP contribution in [-0.4, -0.2) is 0 Å². The van der Waals surface area contributed by atoms with Gasteiger partial charge in [0.25, 0.3) is 0 Å². The molecular weight excluding hydrogens is 156 g/mol. The van der Waals surface area contributed by atoms with E-state index in [9.17, 15) is 0 Å². The third kappa shape index (κ3) is 3.45. The second kappa shape index (κ2) is 3.78. The van der Waals surface area contributed by atoms with E-state index in [-0.39, 0.29) is 5.41 Å². The molecule has 0 radical (unpaired) electrons.